The summed E-state index contributed by atoms with van der Waals surface area (Å²) in [5.74, 6) is 0. The minimum atomic E-state index is 0.458. The van der Waals surface area contributed by atoms with E-state index >= 15 is 0 Å². The normalized spacial score (nSPS) is 23.1. The van der Waals surface area contributed by atoms with Crippen LogP contribution < -0.4 is 5.32 Å². The molecule has 1 rings (SSSR count). The molecule has 0 aromatic rings. The molecule has 0 amide bonds. The van der Waals surface area contributed by atoms with E-state index in [1.165, 1.54) is 37.7 Å². The van der Waals surface area contributed by atoms with E-state index < -0.39 is 0 Å². The minimum absolute atomic E-state index is 0.458. The molecular weight excluding hydrogens is 170 g/mol. The van der Waals surface area contributed by atoms with E-state index in [0.29, 0.717) is 11.5 Å². The fourth-order valence-electron chi connectivity index (χ4n) is 2.87. The molecule has 1 aliphatic carbocycles. The van der Waals surface area contributed by atoms with Crippen molar-refractivity contribution in [1.29, 1.82) is 0 Å². The smallest absolute Gasteiger partial charge is 0.0328 e. The minimum Gasteiger partial charge on any atom is -0.310 e. The first-order chi connectivity index (χ1) is 6.60. The van der Waals surface area contributed by atoms with Crippen molar-refractivity contribution in [2.75, 3.05) is 6.54 Å². The summed E-state index contributed by atoms with van der Waals surface area (Å²) in [7, 11) is 0. The molecular formula is C13H25N. The van der Waals surface area contributed by atoms with Crippen molar-refractivity contribution >= 4 is 0 Å². The monoisotopic (exact) mass is 195 g/mol. The van der Waals surface area contributed by atoms with Gasteiger partial charge >= 0.3 is 0 Å². The van der Waals surface area contributed by atoms with E-state index in [1.807, 2.05) is 0 Å². The molecule has 1 atom stereocenters. The number of hydrogen-bond donors (Lipinski definition) is 1. The molecule has 1 heteroatoms. The van der Waals surface area contributed by atoms with Gasteiger partial charge in [-0.3, -0.25) is 0 Å². The third-order valence-corrected chi connectivity index (χ3v) is 3.59. The largest absolute Gasteiger partial charge is 0.310 e. The van der Waals surface area contributed by atoms with Crippen molar-refractivity contribution < 1.29 is 0 Å². The second-order valence-electron chi connectivity index (χ2n) is 5.05. The van der Waals surface area contributed by atoms with Crippen molar-refractivity contribution in [1.82, 2.24) is 5.32 Å². The molecule has 1 saturated carbocycles. The summed E-state index contributed by atoms with van der Waals surface area (Å²) in [4.78, 5) is 0. The van der Waals surface area contributed by atoms with Gasteiger partial charge in [-0.25, -0.2) is 0 Å². The summed E-state index contributed by atoms with van der Waals surface area (Å²) >= 11 is 0. The van der Waals surface area contributed by atoms with Crippen LogP contribution in [0.5, 0.6) is 0 Å². The summed E-state index contributed by atoms with van der Waals surface area (Å²) in [6, 6.07) is 0.521. The Labute approximate surface area is 89.0 Å². The van der Waals surface area contributed by atoms with Crippen LogP contribution in [0.2, 0.25) is 0 Å². The topological polar surface area (TPSA) is 12.0 Å². The molecule has 0 heterocycles. The van der Waals surface area contributed by atoms with Crippen molar-refractivity contribution in [2.24, 2.45) is 5.41 Å². The highest BCUT2D eigenvalue weighted by molar-refractivity contribution is 5.09. The van der Waals surface area contributed by atoms with Crippen LogP contribution in [0.1, 0.15) is 52.9 Å². The van der Waals surface area contributed by atoms with Gasteiger partial charge in [0.15, 0.2) is 0 Å². The highest BCUT2D eigenvalue weighted by Crippen LogP contribution is 2.40. The standard InChI is InChI=1S/C13H25N/c1-5-14-12(11(2)3)13(4)9-7-6-8-10-13/h12,14H,2,5-10H2,1,3-4H3. The van der Waals surface area contributed by atoms with Gasteiger partial charge in [-0.05, 0) is 31.7 Å². The lowest BCUT2D eigenvalue weighted by molar-refractivity contribution is 0.165. The van der Waals surface area contributed by atoms with Crippen molar-refractivity contribution in [3.63, 3.8) is 0 Å². The molecule has 0 aromatic heterocycles. The molecule has 1 N–H and O–H groups in total. The highest BCUT2D eigenvalue weighted by Gasteiger charge is 2.35. The maximum absolute atomic E-state index is 4.13. The molecule has 0 spiro atoms. The average Bonchev–Trinajstić information content (AvgIpc) is 2.14. The van der Waals surface area contributed by atoms with E-state index in [9.17, 15) is 0 Å². The first kappa shape index (κ1) is 11.8. The quantitative estimate of drug-likeness (QED) is 0.677. The number of rotatable bonds is 4. The fraction of sp³-hybridized carbons (Fsp3) is 0.846. The third kappa shape index (κ3) is 2.60. The molecule has 0 aromatic carbocycles. The summed E-state index contributed by atoms with van der Waals surface area (Å²) in [5.41, 5.74) is 1.76. The Balaban J connectivity index is 2.68. The van der Waals surface area contributed by atoms with Crippen molar-refractivity contribution in [2.45, 2.75) is 58.9 Å². The fourth-order valence-corrected chi connectivity index (χ4v) is 2.87. The van der Waals surface area contributed by atoms with E-state index in [1.54, 1.807) is 0 Å². The Hall–Kier alpha value is -0.300. The van der Waals surface area contributed by atoms with Gasteiger partial charge in [-0.2, -0.15) is 0 Å². The molecule has 0 aliphatic heterocycles. The number of likely N-dealkylation sites (N-methyl/N-ethyl adjacent to an activating group) is 1. The predicted octanol–water partition coefficient (Wildman–Crippen LogP) is 3.51. The van der Waals surface area contributed by atoms with Crippen LogP contribution in [-0.2, 0) is 0 Å². The molecule has 1 fully saturated rings. The Morgan fingerprint density at radius 2 is 1.93 bits per heavy atom. The number of nitrogens with one attached hydrogen (secondary N) is 1. The van der Waals surface area contributed by atoms with Gasteiger partial charge in [0, 0.05) is 6.04 Å². The molecule has 14 heavy (non-hydrogen) atoms. The van der Waals surface area contributed by atoms with Crippen molar-refractivity contribution in [3.05, 3.63) is 12.2 Å². The first-order valence-electron chi connectivity index (χ1n) is 5.99. The Morgan fingerprint density at radius 1 is 1.36 bits per heavy atom. The zero-order valence-corrected chi connectivity index (χ0v) is 10.0. The second kappa shape index (κ2) is 4.97. The van der Waals surface area contributed by atoms with Crippen molar-refractivity contribution in [3.8, 4) is 0 Å². The molecule has 1 nitrogen and oxygen atoms in total. The second-order valence-corrected chi connectivity index (χ2v) is 5.05. The van der Waals surface area contributed by atoms with Gasteiger partial charge < -0.3 is 5.32 Å². The lowest BCUT2D eigenvalue weighted by atomic mass is 9.69. The van der Waals surface area contributed by atoms with Gasteiger partial charge in [0.05, 0.1) is 0 Å². The van der Waals surface area contributed by atoms with Gasteiger partial charge in [0.2, 0.25) is 0 Å². The predicted molar refractivity (Wildman–Crippen MR) is 63.5 cm³/mol. The summed E-state index contributed by atoms with van der Waals surface area (Å²) in [6.45, 7) is 11.9. The Morgan fingerprint density at radius 3 is 2.36 bits per heavy atom. The van der Waals surface area contributed by atoms with Crippen LogP contribution in [0.25, 0.3) is 0 Å². The lowest BCUT2D eigenvalue weighted by Gasteiger charge is -2.41. The molecule has 82 valence electrons. The molecule has 0 saturated heterocycles. The van der Waals surface area contributed by atoms with Crippen LogP contribution in [0.4, 0.5) is 0 Å². The van der Waals surface area contributed by atoms with Gasteiger partial charge in [0.1, 0.15) is 0 Å². The van der Waals surface area contributed by atoms with Crippen LogP contribution in [0.3, 0.4) is 0 Å². The summed E-state index contributed by atoms with van der Waals surface area (Å²) < 4.78 is 0. The average molecular weight is 195 g/mol. The Bertz CT molecular complexity index is 189. The van der Waals surface area contributed by atoms with Crippen LogP contribution in [-0.4, -0.2) is 12.6 Å². The van der Waals surface area contributed by atoms with Gasteiger partial charge in [-0.15, -0.1) is 0 Å². The first-order valence-corrected chi connectivity index (χ1v) is 5.99. The zero-order chi connectivity index (χ0) is 10.6. The number of hydrogen-bond acceptors (Lipinski definition) is 1. The van der Waals surface area contributed by atoms with E-state index in [2.05, 4.69) is 32.7 Å². The molecule has 0 bridgehead atoms. The highest BCUT2D eigenvalue weighted by atomic mass is 14.9. The molecule has 0 radical (unpaired) electrons. The van der Waals surface area contributed by atoms with E-state index in [4.69, 9.17) is 0 Å². The molecule has 1 unspecified atom stereocenters. The summed E-state index contributed by atoms with van der Waals surface area (Å²) in [6.07, 6.45) is 6.93. The molecule has 1 aliphatic rings. The van der Waals surface area contributed by atoms with Crippen LogP contribution in [0.15, 0.2) is 12.2 Å². The van der Waals surface area contributed by atoms with E-state index in [0.717, 1.165) is 6.54 Å². The zero-order valence-electron chi connectivity index (χ0n) is 10.0. The van der Waals surface area contributed by atoms with Gasteiger partial charge in [0.25, 0.3) is 0 Å². The van der Waals surface area contributed by atoms with Gasteiger partial charge in [-0.1, -0.05) is 45.3 Å². The maximum atomic E-state index is 4.13. The SMILES string of the molecule is C=C(C)C(NCC)C1(C)CCCCC1. The third-order valence-electron chi connectivity index (χ3n) is 3.59. The maximum Gasteiger partial charge on any atom is 0.0328 e. The Kier molecular flexibility index (Phi) is 4.18. The van der Waals surface area contributed by atoms with E-state index in [-0.39, 0.29) is 0 Å². The summed E-state index contributed by atoms with van der Waals surface area (Å²) in [5, 5.41) is 3.59. The van der Waals surface area contributed by atoms with Crippen LogP contribution >= 0.6 is 0 Å². The van der Waals surface area contributed by atoms with Crippen LogP contribution in [0, 0.1) is 5.41 Å². The lowest BCUT2D eigenvalue weighted by Crippen LogP contribution is -2.45.